The Labute approximate surface area is 127 Å². The maximum Gasteiger partial charge on any atom is 0.314 e. The number of amides is 2. The Bertz CT molecular complexity index is 349. The van der Waals surface area contributed by atoms with Crippen molar-refractivity contribution in [3.63, 3.8) is 0 Å². The minimum absolute atomic E-state index is 0.193. The molecule has 3 N–H and O–H groups in total. The summed E-state index contributed by atoms with van der Waals surface area (Å²) < 4.78 is 0. The van der Waals surface area contributed by atoms with Gasteiger partial charge in [-0.3, -0.25) is 4.79 Å². The van der Waals surface area contributed by atoms with E-state index in [1.54, 1.807) is 0 Å². The molecule has 1 aliphatic carbocycles. The molecule has 1 atom stereocenters. The molecule has 0 radical (unpaired) electrons. The van der Waals surface area contributed by atoms with Crippen LogP contribution in [-0.2, 0) is 4.79 Å². The summed E-state index contributed by atoms with van der Waals surface area (Å²) in [5.74, 6) is -1.05. The summed E-state index contributed by atoms with van der Waals surface area (Å²) >= 11 is 0. The number of carbonyl (C=O) groups excluding carboxylic acids is 1. The number of aliphatic carboxylic acids is 1. The molecule has 0 bridgehead atoms. The molecule has 1 saturated carbocycles. The monoisotopic (exact) mass is 298 g/mol. The Morgan fingerprint density at radius 3 is 2.29 bits per heavy atom. The van der Waals surface area contributed by atoms with Gasteiger partial charge in [-0.25, -0.2) is 4.79 Å². The summed E-state index contributed by atoms with van der Waals surface area (Å²) in [5, 5.41) is 14.8. The lowest BCUT2D eigenvalue weighted by atomic mass is 9.83. The molecule has 5 nitrogen and oxygen atoms in total. The lowest BCUT2D eigenvalue weighted by Gasteiger charge is -2.27. The van der Waals surface area contributed by atoms with Crippen molar-refractivity contribution < 1.29 is 14.7 Å². The van der Waals surface area contributed by atoms with Gasteiger partial charge in [0.25, 0.3) is 0 Å². The second kappa shape index (κ2) is 8.25. The molecule has 1 fully saturated rings. The summed E-state index contributed by atoms with van der Waals surface area (Å²) in [4.78, 5) is 23.0. The highest BCUT2D eigenvalue weighted by Gasteiger charge is 2.32. The molecule has 0 aromatic rings. The first kappa shape index (κ1) is 17.8. The lowest BCUT2D eigenvalue weighted by molar-refractivity contribution is -0.142. The number of rotatable bonds is 8. The van der Waals surface area contributed by atoms with Crippen molar-refractivity contribution >= 4 is 12.0 Å². The Balaban J connectivity index is 2.34. The molecule has 21 heavy (non-hydrogen) atoms. The van der Waals surface area contributed by atoms with Gasteiger partial charge in [-0.15, -0.1) is 0 Å². The van der Waals surface area contributed by atoms with Gasteiger partial charge in [0.05, 0.1) is 5.92 Å². The predicted octanol–water partition coefficient (Wildman–Crippen LogP) is 3.00. The van der Waals surface area contributed by atoms with E-state index in [1.807, 2.05) is 13.8 Å². The van der Waals surface area contributed by atoms with E-state index in [1.165, 1.54) is 25.7 Å². The van der Waals surface area contributed by atoms with Crippen molar-refractivity contribution in [2.24, 2.45) is 17.3 Å². The predicted molar refractivity (Wildman–Crippen MR) is 83.2 cm³/mol. The number of carboxylic acids is 1. The highest BCUT2D eigenvalue weighted by Crippen LogP contribution is 2.40. The van der Waals surface area contributed by atoms with Gasteiger partial charge in [-0.1, -0.05) is 33.6 Å². The van der Waals surface area contributed by atoms with Crippen LogP contribution in [0.3, 0.4) is 0 Å². The Morgan fingerprint density at radius 2 is 1.81 bits per heavy atom. The summed E-state index contributed by atoms with van der Waals surface area (Å²) in [5.41, 5.74) is 0.251. The summed E-state index contributed by atoms with van der Waals surface area (Å²) in [6, 6.07) is -0.246. The van der Waals surface area contributed by atoms with E-state index in [2.05, 4.69) is 17.6 Å². The normalized spacial score (nSPS) is 18.5. The molecule has 0 heterocycles. The lowest BCUT2D eigenvalue weighted by Crippen LogP contribution is -2.44. The van der Waals surface area contributed by atoms with Gasteiger partial charge in [-0.2, -0.15) is 0 Å². The maximum absolute atomic E-state index is 11.9. The SMILES string of the molecule is CCC1(CNC(=O)NCC(CC(C)C)C(=O)O)CCCC1. The summed E-state index contributed by atoms with van der Waals surface area (Å²) in [6.07, 6.45) is 6.50. The van der Waals surface area contributed by atoms with E-state index in [0.29, 0.717) is 18.9 Å². The van der Waals surface area contributed by atoms with Crippen molar-refractivity contribution in [1.82, 2.24) is 10.6 Å². The molecule has 1 rings (SSSR count). The average molecular weight is 298 g/mol. The van der Waals surface area contributed by atoms with Crippen molar-refractivity contribution in [1.29, 1.82) is 0 Å². The molecule has 0 spiro atoms. The largest absolute Gasteiger partial charge is 0.481 e. The van der Waals surface area contributed by atoms with Crippen molar-refractivity contribution in [2.45, 2.75) is 59.3 Å². The molecular formula is C16H30N2O3. The van der Waals surface area contributed by atoms with Gasteiger partial charge in [0.2, 0.25) is 0 Å². The topological polar surface area (TPSA) is 78.4 Å². The van der Waals surface area contributed by atoms with Crippen LogP contribution in [-0.4, -0.2) is 30.2 Å². The molecule has 0 aromatic carbocycles. The van der Waals surface area contributed by atoms with Gasteiger partial charge >= 0.3 is 12.0 Å². The molecule has 2 amide bonds. The van der Waals surface area contributed by atoms with Crippen molar-refractivity contribution in [3.05, 3.63) is 0 Å². The number of urea groups is 1. The third kappa shape index (κ3) is 5.94. The first-order valence-corrected chi connectivity index (χ1v) is 8.13. The Kier molecular flexibility index (Phi) is 6.99. The van der Waals surface area contributed by atoms with Crippen LogP contribution in [0.4, 0.5) is 4.79 Å². The standard InChI is InChI=1S/C16H30N2O3/c1-4-16(7-5-6-8-16)11-18-15(21)17-10-13(14(19)20)9-12(2)3/h12-13H,4-11H2,1-3H3,(H,19,20)(H2,17,18,21). The second-order valence-electron chi connectivity index (χ2n) is 6.79. The molecule has 1 aliphatic rings. The number of carbonyl (C=O) groups is 2. The fourth-order valence-corrected chi connectivity index (χ4v) is 3.17. The zero-order valence-corrected chi connectivity index (χ0v) is 13.6. The Hall–Kier alpha value is -1.26. The number of hydrogen-bond donors (Lipinski definition) is 3. The molecular weight excluding hydrogens is 268 g/mol. The zero-order chi connectivity index (χ0) is 15.9. The van der Waals surface area contributed by atoms with E-state index in [4.69, 9.17) is 5.11 Å². The van der Waals surface area contributed by atoms with Crippen LogP contribution >= 0.6 is 0 Å². The summed E-state index contributed by atoms with van der Waals surface area (Å²) in [7, 11) is 0. The van der Waals surface area contributed by atoms with Crippen molar-refractivity contribution in [2.75, 3.05) is 13.1 Å². The van der Waals surface area contributed by atoms with Crippen LogP contribution in [0.15, 0.2) is 0 Å². The maximum atomic E-state index is 11.9. The van der Waals surface area contributed by atoms with E-state index >= 15 is 0 Å². The smallest absolute Gasteiger partial charge is 0.314 e. The van der Waals surface area contributed by atoms with Gasteiger partial charge in [0.1, 0.15) is 0 Å². The van der Waals surface area contributed by atoms with E-state index in [9.17, 15) is 9.59 Å². The minimum atomic E-state index is -0.843. The fourth-order valence-electron chi connectivity index (χ4n) is 3.17. The average Bonchev–Trinajstić information content (AvgIpc) is 2.90. The quantitative estimate of drug-likeness (QED) is 0.644. The fraction of sp³-hybridized carbons (Fsp3) is 0.875. The third-order valence-corrected chi connectivity index (χ3v) is 4.65. The van der Waals surface area contributed by atoms with Crippen LogP contribution in [0.1, 0.15) is 59.3 Å². The van der Waals surface area contributed by atoms with Gasteiger partial charge < -0.3 is 15.7 Å². The minimum Gasteiger partial charge on any atom is -0.481 e. The molecule has 0 saturated heterocycles. The number of hydrogen-bond acceptors (Lipinski definition) is 2. The first-order chi connectivity index (χ1) is 9.88. The first-order valence-electron chi connectivity index (χ1n) is 8.13. The highest BCUT2D eigenvalue weighted by atomic mass is 16.4. The van der Waals surface area contributed by atoms with E-state index < -0.39 is 11.9 Å². The van der Waals surface area contributed by atoms with Crippen LogP contribution in [0.25, 0.3) is 0 Å². The van der Waals surface area contributed by atoms with Crippen LogP contribution in [0, 0.1) is 17.3 Å². The second-order valence-corrected chi connectivity index (χ2v) is 6.79. The zero-order valence-electron chi connectivity index (χ0n) is 13.6. The third-order valence-electron chi connectivity index (χ3n) is 4.65. The molecule has 5 heteroatoms. The van der Waals surface area contributed by atoms with E-state index in [0.717, 1.165) is 6.42 Å². The molecule has 122 valence electrons. The highest BCUT2D eigenvalue weighted by molar-refractivity contribution is 5.75. The van der Waals surface area contributed by atoms with Crippen molar-refractivity contribution in [3.8, 4) is 0 Å². The van der Waals surface area contributed by atoms with E-state index in [-0.39, 0.29) is 18.0 Å². The molecule has 1 unspecified atom stereocenters. The van der Waals surface area contributed by atoms with Gasteiger partial charge in [0, 0.05) is 13.1 Å². The molecule has 0 aromatic heterocycles. The van der Waals surface area contributed by atoms with Crippen LogP contribution < -0.4 is 10.6 Å². The number of nitrogens with one attached hydrogen (secondary N) is 2. The number of carboxylic acid groups (broad SMARTS) is 1. The summed E-state index contributed by atoms with van der Waals surface area (Å²) in [6.45, 7) is 7.03. The van der Waals surface area contributed by atoms with Gasteiger partial charge in [0.15, 0.2) is 0 Å². The van der Waals surface area contributed by atoms with Gasteiger partial charge in [-0.05, 0) is 37.0 Å². The van der Waals surface area contributed by atoms with Crippen LogP contribution in [0.2, 0.25) is 0 Å². The van der Waals surface area contributed by atoms with Crippen LogP contribution in [0.5, 0.6) is 0 Å². The molecule has 0 aliphatic heterocycles. The Morgan fingerprint density at radius 1 is 1.19 bits per heavy atom.